The highest BCUT2D eigenvalue weighted by molar-refractivity contribution is 5.93. The summed E-state index contributed by atoms with van der Waals surface area (Å²) in [7, 11) is 0. The van der Waals surface area contributed by atoms with Gasteiger partial charge >= 0.3 is 0 Å². The smallest absolute Gasteiger partial charge is 0.0465 e. The largest absolute Gasteiger partial charge is 0.365 e. The molecule has 0 amide bonds. The minimum absolute atomic E-state index is 0.191. The van der Waals surface area contributed by atoms with Gasteiger partial charge in [0.15, 0.2) is 0 Å². The van der Waals surface area contributed by atoms with Gasteiger partial charge in [0, 0.05) is 48.1 Å². The molecule has 0 bridgehead atoms. The number of hydrogen-bond donors (Lipinski definition) is 1. The van der Waals surface area contributed by atoms with Gasteiger partial charge in [0.1, 0.15) is 0 Å². The van der Waals surface area contributed by atoms with E-state index in [1.54, 1.807) is 0 Å². The molecule has 1 aliphatic rings. The first-order valence-corrected chi connectivity index (χ1v) is 8.01. The second-order valence-corrected chi connectivity index (χ2v) is 6.36. The number of benzene rings is 1. The van der Waals surface area contributed by atoms with Crippen molar-refractivity contribution in [2.24, 2.45) is 0 Å². The maximum Gasteiger partial charge on any atom is 0.0465 e. The van der Waals surface area contributed by atoms with Crippen LogP contribution in [0.2, 0.25) is 0 Å². The van der Waals surface area contributed by atoms with Crippen molar-refractivity contribution in [3.8, 4) is 0 Å². The van der Waals surface area contributed by atoms with Gasteiger partial charge in [-0.3, -0.25) is 4.98 Å². The topological polar surface area (TPSA) is 28.2 Å². The lowest BCUT2D eigenvalue weighted by Crippen LogP contribution is -2.62. The van der Waals surface area contributed by atoms with Crippen LogP contribution in [0.3, 0.4) is 0 Å². The van der Waals surface area contributed by atoms with Gasteiger partial charge in [-0.15, -0.1) is 0 Å². The van der Waals surface area contributed by atoms with Crippen LogP contribution in [0.5, 0.6) is 0 Å². The standard InChI is InChI=1S/C18H25N3/c1-4-15-11-20-18(3,5-2)13-21(15)17-8-6-7-14-9-10-19-12-16(14)17/h6-10,12,15,20H,4-5,11,13H2,1-3H3. The van der Waals surface area contributed by atoms with Gasteiger partial charge in [-0.05, 0) is 37.3 Å². The molecule has 1 saturated heterocycles. The zero-order chi connectivity index (χ0) is 14.9. The van der Waals surface area contributed by atoms with Crippen molar-refractivity contribution in [2.75, 3.05) is 18.0 Å². The van der Waals surface area contributed by atoms with E-state index in [2.05, 4.69) is 60.2 Å². The highest BCUT2D eigenvalue weighted by Crippen LogP contribution is 2.32. The maximum atomic E-state index is 4.33. The van der Waals surface area contributed by atoms with Crippen molar-refractivity contribution in [1.29, 1.82) is 0 Å². The molecule has 1 aromatic carbocycles. The Bertz CT molecular complexity index is 619. The second-order valence-electron chi connectivity index (χ2n) is 6.36. The summed E-state index contributed by atoms with van der Waals surface area (Å²) in [6.07, 6.45) is 6.17. The summed E-state index contributed by atoms with van der Waals surface area (Å²) in [6, 6.07) is 9.23. The SMILES string of the molecule is CCC1CNC(C)(CC)CN1c1cccc2ccncc12. The number of rotatable bonds is 3. The number of fused-ring (bicyclic) bond motifs is 1. The minimum atomic E-state index is 0.191. The number of hydrogen-bond acceptors (Lipinski definition) is 3. The molecular formula is C18H25N3. The number of nitrogens with one attached hydrogen (secondary N) is 1. The number of aromatic nitrogens is 1. The summed E-state index contributed by atoms with van der Waals surface area (Å²) in [5.41, 5.74) is 1.52. The van der Waals surface area contributed by atoms with E-state index < -0.39 is 0 Å². The quantitative estimate of drug-likeness (QED) is 0.933. The zero-order valence-electron chi connectivity index (χ0n) is 13.3. The molecule has 21 heavy (non-hydrogen) atoms. The monoisotopic (exact) mass is 283 g/mol. The van der Waals surface area contributed by atoms with Crippen LogP contribution in [-0.4, -0.2) is 29.7 Å². The molecule has 1 aliphatic heterocycles. The Morgan fingerprint density at radius 2 is 2.19 bits per heavy atom. The van der Waals surface area contributed by atoms with E-state index in [0.717, 1.165) is 25.9 Å². The van der Waals surface area contributed by atoms with Crippen LogP contribution in [-0.2, 0) is 0 Å². The lowest BCUT2D eigenvalue weighted by atomic mass is 9.92. The first-order chi connectivity index (χ1) is 10.2. The number of anilines is 1. The van der Waals surface area contributed by atoms with Crippen LogP contribution in [0.15, 0.2) is 36.7 Å². The molecule has 2 unspecified atom stereocenters. The molecule has 1 aromatic heterocycles. The summed E-state index contributed by atoms with van der Waals surface area (Å²) in [5, 5.41) is 6.27. The number of nitrogens with zero attached hydrogens (tertiary/aromatic N) is 2. The summed E-state index contributed by atoms with van der Waals surface area (Å²) in [4.78, 5) is 6.92. The molecule has 1 fully saturated rings. The van der Waals surface area contributed by atoms with Gasteiger partial charge in [-0.1, -0.05) is 26.0 Å². The van der Waals surface area contributed by atoms with Crippen molar-refractivity contribution in [3.05, 3.63) is 36.7 Å². The van der Waals surface area contributed by atoms with E-state index in [-0.39, 0.29) is 5.54 Å². The molecule has 3 heteroatoms. The van der Waals surface area contributed by atoms with Crippen LogP contribution in [0.1, 0.15) is 33.6 Å². The summed E-state index contributed by atoms with van der Waals surface area (Å²) >= 11 is 0. The Morgan fingerprint density at radius 1 is 1.33 bits per heavy atom. The van der Waals surface area contributed by atoms with Crippen LogP contribution >= 0.6 is 0 Å². The summed E-state index contributed by atoms with van der Waals surface area (Å²) in [6.45, 7) is 8.97. The molecule has 0 aliphatic carbocycles. The van der Waals surface area contributed by atoms with E-state index in [9.17, 15) is 0 Å². The average molecular weight is 283 g/mol. The van der Waals surface area contributed by atoms with Gasteiger partial charge in [-0.25, -0.2) is 0 Å². The van der Waals surface area contributed by atoms with Crippen molar-refractivity contribution in [1.82, 2.24) is 10.3 Å². The number of piperazine rings is 1. The lowest BCUT2D eigenvalue weighted by Gasteiger charge is -2.47. The Hall–Kier alpha value is -1.61. The zero-order valence-corrected chi connectivity index (χ0v) is 13.3. The fourth-order valence-corrected chi connectivity index (χ4v) is 3.27. The van der Waals surface area contributed by atoms with Crippen LogP contribution < -0.4 is 10.2 Å². The second kappa shape index (κ2) is 5.64. The maximum absolute atomic E-state index is 4.33. The molecule has 2 heterocycles. The predicted molar refractivity (Wildman–Crippen MR) is 89.9 cm³/mol. The summed E-state index contributed by atoms with van der Waals surface area (Å²) in [5.74, 6) is 0. The third-order valence-corrected chi connectivity index (χ3v) is 4.95. The third-order valence-electron chi connectivity index (χ3n) is 4.95. The highest BCUT2D eigenvalue weighted by atomic mass is 15.3. The van der Waals surface area contributed by atoms with Crippen LogP contribution in [0.4, 0.5) is 5.69 Å². The van der Waals surface area contributed by atoms with Gasteiger partial charge in [0.25, 0.3) is 0 Å². The molecule has 3 nitrogen and oxygen atoms in total. The van der Waals surface area contributed by atoms with E-state index >= 15 is 0 Å². The molecule has 0 saturated carbocycles. The average Bonchev–Trinajstić information content (AvgIpc) is 2.54. The van der Waals surface area contributed by atoms with E-state index in [0.29, 0.717) is 6.04 Å². The molecule has 0 radical (unpaired) electrons. The predicted octanol–water partition coefficient (Wildman–Crippen LogP) is 3.59. The molecule has 2 aromatic rings. The van der Waals surface area contributed by atoms with Crippen LogP contribution in [0.25, 0.3) is 10.8 Å². The van der Waals surface area contributed by atoms with Crippen molar-refractivity contribution < 1.29 is 0 Å². The van der Waals surface area contributed by atoms with Gasteiger partial charge in [0.05, 0.1) is 0 Å². The first-order valence-electron chi connectivity index (χ1n) is 8.01. The Morgan fingerprint density at radius 3 is 2.95 bits per heavy atom. The number of pyridine rings is 1. The fourth-order valence-electron chi connectivity index (χ4n) is 3.27. The minimum Gasteiger partial charge on any atom is -0.365 e. The molecule has 112 valence electrons. The van der Waals surface area contributed by atoms with E-state index in [4.69, 9.17) is 0 Å². The molecule has 2 atom stereocenters. The van der Waals surface area contributed by atoms with Crippen molar-refractivity contribution in [2.45, 2.75) is 45.2 Å². The molecule has 0 spiro atoms. The lowest BCUT2D eigenvalue weighted by molar-refractivity contribution is 0.276. The van der Waals surface area contributed by atoms with Gasteiger partial charge in [-0.2, -0.15) is 0 Å². The molecule has 3 rings (SSSR count). The van der Waals surface area contributed by atoms with E-state index in [1.165, 1.54) is 16.5 Å². The fraction of sp³-hybridized carbons (Fsp3) is 0.500. The Labute approximate surface area is 127 Å². The molecule has 1 N–H and O–H groups in total. The highest BCUT2D eigenvalue weighted by Gasteiger charge is 2.34. The van der Waals surface area contributed by atoms with Crippen molar-refractivity contribution in [3.63, 3.8) is 0 Å². The van der Waals surface area contributed by atoms with E-state index in [1.807, 2.05) is 12.4 Å². The first kappa shape index (κ1) is 14.3. The van der Waals surface area contributed by atoms with Crippen molar-refractivity contribution >= 4 is 16.5 Å². The Balaban J connectivity index is 2.05. The normalized spacial score (nSPS) is 26.2. The van der Waals surface area contributed by atoms with Gasteiger partial charge < -0.3 is 10.2 Å². The van der Waals surface area contributed by atoms with Crippen LogP contribution in [0, 0.1) is 0 Å². The molecular weight excluding hydrogens is 258 g/mol. The Kier molecular flexibility index (Phi) is 3.85. The van der Waals surface area contributed by atoms with Gasteiger partial charge in [0.2, 0.25) is 0 Å². The summed E-state index contributed by atoms with van der Waals surface area (Å²) < 4.78 is 0. The third kappa shape index (κ3) is 2.62.